The lowest BCUT2D eigenvalue weighted by Crippen LogP contribution is -2.22. The van der Waals surface area contributed by atoms with E-state index in [1.165, 1.54) is 19.2 Å². The molecule has 0 saturated heterocycles. The molecule has 0 aliphatic rings. The van der Waals surface area contributed by atoms with Crippen LogP contribution in [0.1, 0.15) is 11.6 Å². The first-order chi connectivity index (χ1) is 6.97. The molecule has 0 fully saturated rings. The van der Waals surface area contributed by atoms with Gasteiger partial charge in [0.2, 0.25) is 0 Å². The van der Waals surface area contributed by atoms with Crippen LogP contribution in [0.5, 0.6) is 5.75 Å². The number of nitrogens with two attached hydrogens (primary N) is 1. The highest BCUT2D eigenvalue weighted by Crippen LogP contribution is 2.34. The van der Waals surface area contributed by atoms with Gasteiger partial charge in [-0.3, -0.25) is 4.79 Å². The predicted molar refractivity (Wildman–Crippen MR) is 67.0 cm³/mol. The molecule has 0 spiro atoms. The van der Waals surface area contributed by atoms with Gasteiger partial charge in [-0.25, -0.2) is 0 Å². The van der Waals surface area contributed by atoms with Gasteiger partial charge in [-0.15, -0.1) is 12.4 Å². The Morgan fingerprint density at radius 2 is 2.19 bits per heavy atom. The molecule has 7 heteroatoms. The smallest absolute Gasteiger partial charge is 0.327 e. The Labute approximate surface area is 112 Å². The van der Waals surface area contributed by atoms with E-state index in [9.17, 15) is 9.90 Å². The van der Waals surface area contributed by atoms with Crippen LogP contribution in [0.4, 0.5) is 0 Å². The normalized spacial score (nSPS) is 11.5. The fourth-order valence-electron chi connectivity index (χ4n) is 1.08. The van der Waals surface area contributed by atoms with E-state index in [1.54, 1.807) is 0 Å². The minimum atomic E-state index is -1.05. The summed E-state index contributed by atoms with van der Waals surface area (Å²) in [4.78, 5) is 11.2. The van der Waals surface area contributed by atoms with Crippen LogP contribution in [-0.2, 0) is 9.53 Å². The van der Waals surface area contributed by atoms with E-state index < -0.39 is 12.0 Å². The Hall–Kier alpha value is -0.490. The fourth-order valence-corrected chi connectivity index (χ4v) is 1.91. The van der Waals surface area contributed by atoms with Crippen LogP contribution in [0.2, 0.25) is 5.02 Å². The van der Waals surface area contributed by atoms with E-state index in [0.29, 0.717) is 4.47 Å². The number of methoxy groups -OCH3 is 1. The van der Waals surface area contributed by atoms with Crippen LogP contribution in [0, 0.1) is 0 Å². The maximum absolute atomic E-state index is 11.2. The number of hydrogen-bond acceptors (Lipinski definition) is 4. The molecule has 16 heavy (non-hydrogen) atoms. The molecule has 0 aromatic heterocycles. The molecule has 0 heterocycles. The Morgan fingerprint density at radius 1 is 1.62 bits per heavy atom. The third kappa shape index (κ3) is 3.25. The van der Waals surface area contributed by atoms with Crippen molar-refractivity contribution in [2.75, 3.05) is 7.11 Å². The number of hydrogen-bond donors (Lipinski definition) is 2. The zero-order valence-corrected chi connectivity index (χ0v) is 11.4. The van der Waals surface area contributed by atoms with Gasteiger partial charge in [0.05, 0.1) is 12.1 Å². The SMILES string of the molecule is COC(=O)[C@@H](N)c1cc(Br)cc(Cl)c1O.Cl. The number of benzene rings is 1. The highest BCUT2D eigenvalue weighted by molar-refractivity contribution is 9.10. The van der Waals surface area contributed by atoms with Gasteiger partial charge in [-0.05, 0) is 12.1 Å². The van der Waals surface area contributed by atoms with Crippen LogP contribution in [0.15, 0.2) is 16.6 Å². The summed E-state index contributed by atoms with van der Waals surface area (Å²) in [5.74, 6) is -0.850. The van der Waals surface area contributed by atoms with E-state index in [4.69, 9.17) is 17.3 Å². The molecular formula is C9H10BrCl2NO3. The standard InChI is InChI=1S/C9H9BrClNO3.ClH/c1-15-9(14)7(12)5-2-4(10)3-6(11)8(5)13;/h2-3,7,13H,12H2,1H3;1H/t7-;/m0./s1. The zero-order valence-electron chi connectivity index (χ0n) is 8.24. The number of phenols is 1. The second-order valence-corrected chi connectivity index (χ2v) is 4.15. The quantitative estimate of drug-likeness (QED) is 0.817. The lowest BCUT2D eigenvalue weighted by Gasteiger charge is -2.12. The van der Waals surface area contributed by atoms with Crippen molar-refractivity contribution in [3.8, 4) is 5.75 Å². The molecule has 0 aliphatic carbocycles. The molecule has 0 unspecified atom stereocenters. The van der Waals surface area contributed by atoms with Crippen molar-refractivity contribution in [2.45, 2.75) is 6.04 Å². The highest BCUT2D eigenvalue weighted by atomic mass is 79.9. The van der Waals surface area contributed by atoms with Crippen molar-refractivity contribution < 1.29 is 14.6 Å². The topological polar surface area (TPSA) is 72.5 Å². The highest BCUT2D eigenvalue weighted by Gasteiger charge is 2.21. The number of carbonyl (C=O) groups is 1. The summed E-state index contributed by atoms with van der Waals surface area (Å²) in [7, 11) is 1.22. The molecule has 90 valence electrons. The van der Waals surface area contributed by atoms with Crippen molar-refractivity contribution in [1.82, 2.24) is 0 Å². The van der Waals surface area contributed by atoms with Crippen LogP contribution in [0.3, 0.4) is 0 Å². The molecule has 3 N–H and O–H groups in total. The molecule has 0 bridgehead atoms. The molecule has 1 atom stereocenters. The Balaban J connectivity index is 0.00000225. The molecule has 0 radical (unpaired) electrons. The largest absolute Gasteiger partial charge is 0.506 e. The van der Waals surface area contributed by atoms with Gasteiger partial charge in [0.25, 0.3) is 0 Å². The molecular weight excluding hydrogens is 321 g/mol. The number of phenolic OH excluding ortho intramolecular Hbond substituents is 1. The average molecular weight is 331 g/mol. The van der Waals surface area contributed by atoms with Crippen molar-refractivity contribution in [3.63, 3.8) is 0 Å². The maximum Gasteiger partial charge on any atom is 0.327 e. The van der Waals surface area contributed by atoms with Gasteiger partial charge in [-0.1, -0.05) is 27.5 Å². The zero-order chi connectivity index (χ0) is 11.6. The summed E-state index contributed by atoms with van der Waals surface area (Å²) in [5, 5.41) is 9.72. The minimum Gasteiger partial charge on any atom is -0.506 e. The molecule has 1 aromatic carbocycles. The van der Waals surface area contributed by atoms with E-state index in [0.717, 1.165) is 0 Å². The first kappa shape index (κ1) is 15.5. The fraction of sp³-hybridized carbons (Fsp3) is 0.222. The van der Waals surface area contributed by atoms with Crippen LogP contribution in [0.25, 0.3) is 0 Å². The van der Waals surface area contributed by atoms with Gasteiger partial charge in [-0.2, -0.15) is 0 Å². The minimum absolute atomic E-state index is 0. The lowest BCUT2D eigenvalue weighted by molar-refractivity contribution is -0.142. The van der Waals surface area contributed by atoms with E-state index in [2.05, 4.69) is 20.7 Å². The summed E-state index contributed by atoms with van der Waals surface area (Å²) in [6, 6.07) is 1.97. The Kier molecular flexibility index (Phi) is 6.10. The van der Waals surface area contributed by atoms with Crippen molar-refractivity contribution in [2.24, 2.45) is 5.73 Å². The van der Waals surface area contributed by atoms with E-state index >= 15 is 0 Å². The number of esters is 1. The summed E-state index contributed by atoms with van der Waals surface area (Å²) in [6.07, 6.45) is 0. The van der Waals surface area contributed by atoms with Gasteiger partial charge >= 0.3 is 5.97 Å². The van der Waals surface area contributed by atoms with Crippen LogP contribution < -0.4 is 5.73 Å². The van der Waals surface area contributed by atoms with E-state index in [1.807, 2.05) is 0 Å². The van der Waals surface area contributed by atoms with Crippen molar-refractivity contribution in [1.29, 1.82) is 0 Å². The number of rotatable bonds is 2. The van der Waals surface area contributed by atoms with E-state index in [-0.39, 0.29) is 28.7 Å². The first-order valence-corrected chi connectivity index (χ1v) is 5.15. The Morgan fingerprint density at radius 3 is 2.69 bits per heavy atom. The lowest BCUT2D eigenvalue weighted by atomic mass is 10.1. The molecule has 0 aliphatic heterocycles. The second-order valence-electron chi connectivity index (χ2n) is 2.83. The third-order valence-electron chi connectivity index (χ3n) is 1.85. The number of aromatic hydroxyl groups is 1. The van der Waals surface area contributed by atoms with Gasteiger partial charge in [0, 0.05) is 10.0 Å². The van der Waals surface area contributed by atoms with Gasteiger partial charge < -0.3 is 15.6 Å². The van der Waals surface area contributed by atoms with Gasteiger partial charge in [0.15, 0.2) is 0 Å². The first-order valence-electron chi connectivity index (χ1n) is 3.98. The summed E-state index contributed by atoms with van der Waals surface area (Å²) < 4.78 is 5.09. The Bertz CT molecular complexity index is 401. The monoisotopic (exact) mass is 329 g/mol. The summed E-state index contributed by atoms with van der Waals surface area (Å²) in [5.41, 5.74) is 5.80. The second kappa shape index (κ2) is 6.30. The van der Waals surface area contributed by atoms with Crippen LogP contribution in [-0.4, -0.2) is 18.2 Å². The molecule has 4 nitrogen and oxygen atoms in total. The molecule has 0 saturated carbocycles. The molecule has 1 aromatic rings. The number of ether oxygens (including phenoxy) is 1. The number of carbonyl (C=O) groups excluding carboxylic acids is 1. The van der Waals surface area contributed by atoms with Gasteiger partial charge in [0.1, 0.15) is 11.8 Å². The summed E-state index contributed by atoms with van der Waals surface area (Å²) >= 11 is 8.91. The maximum atomic E-state index is 11.2. The molecule has 0 amide bonds. The summed E-state index contributed by atoms with van der Waals surface area (Å²) in [6.45, 7) is 0. The predicted octanol–water partition coefficient (Wildman–Crippen LogP) is 2.40. The number of halogens is 3. The third-order valence-corrected chi connectivity index (χ3v) is 2.59. The van der Waals surface area contributed by atoms with Crippen LogP contribution >= 0.6 is 39.9 Å². The van der Waals surface area contributed by atoms with Crippen molar-refractivity contribution in [3.05, 3.63) is 27.2 Å². The average Bonchev–Trinajstić information content (AvgIpc) is 2.21. The van der Waals surface area contributed by atoms with Crippen molar-refractivity contribution >= 4 is 45.9 Å². The molecule has 1 rings (SSSR count).